The number of rotatable bonds is 4. The van der Waals surface area contributed by atoms with E-state index in [0.29, 0.717) is 0 Å². The molecule has 0 unspecified atom stereocenters. The summed E-state index contributed by atoms with van der Waals surface area (Å²) in [7, 11) is 0. The van der Waals surface area contributed by atoms with Crippen LogP contribution in [0.5, 0.6) is 0 Å². The first-order valence-corrected chi connectivity index (χ1v) is 21.2. The van der Waals surface area contributed by atoms with E-state index >= 15 is 0 Å². The Hall–Kier alpha value is -7.03. The Morgan fingerprint density at radius 3 is 1.98 bits per heavy atom. The quantitative estimate of drug-likeness (QED) is 0.163. The van der Waals surface area contributed by atoms with Gasteiger partial charge < -0.3 is 0 Å². The van der Waals surface area contributed by atoms with Gasteiger partial charge in [-0.25, -0.2) is 4.98 Å². The molecule has 60 heavy (non-hydrogen) atoms. The number of aromatic nitrogens is 2. The van der Waals surface area contributed by atoms with E-state index in [4.69, 9.17) is 4.98 Å². The number of allylic oxidation sites excluding steroid dienone is 2. The van der Waals surface area contributed by atoms with E-state index < -0.39 is 0 Å². The molecule has 2 nitrogen and oxygen atoms in total. The molecule has 0 spiro atoms. The van der Waals surface area contributed by atoms with Crippen molar-refractivity contribution >= 4 is 56.0 Å². The van der Waals surface area contributed by atoms with Crippen LogP contribution in [-0.2, 0) is 10.8 Å². The Bertz CT molecular complexity index is 3600. The van der Waals surface area contributed by atoms with Crippen molar-refractivity contribution in [2.45, 2.75) is 45.4 Å². The lowest BCUT2D eigenvalue weighted by molar-refractivity contribution is 0.652. The van der Waals surface area contributed by atoms with Crippen molar-refractivity contribution in [2.75, 3.05) is 0 Å². The molecule has 0 amide bonds. The highest BCUT2D eigenvalue weighted by molar-refractivity contribution is 6.28. The second-order valence-electron chi connectivity index (χ2n) is 18.0. The monoisotopic (exact) mass is 768 g/mol. The number of imidazole rings is 1. The zero-order chi connectivity index (χ0) is 40.7. The summed E-state index contributed by atoms with van der Waals surface area (Å²) < 4.78 is 2.27. The van der Waals surface area contributed by atoms with Crippen LogP contribution in [0.3, 0.4) is 0 Å². The van der Waals surface area contributed by atoms with Crippen LogP contribution in [0, 0.1) is 0 Å². The van der Waals surface area contributed by atoms with Gasteiger partial charge in [-0.1, -0.05) is 156 Å². The molecule has 2 heteroatoms. The zero-order valence-electron chi connectivity index (χ0n) is 34.7. The summed E-state index contributed by atoms with van der Waals surface area (Å²) in [5, 5.41) is 10.2. The third kappa shape index (κ3) is 4.62. The van der Waals surface area contributed by atoms with Crippen LogP contribution in [0.2, 0.25) is 0 Å². The van der Waals surface area contributed by atoms with E-state index in [1.165, 1.54) is 93.2 Å². The zero-order valence-corrected chi connectivity index (χ0v) is 34.7. The third-order valence-corrected chi connectivity index (χ3v) is 14.0. The molecule has 0 atom stereocenters. The summed E-state index contributed by atoms with van der Waals surface area (Å²) in [5.41, 5.74) is 17.5. The molecule has 286 valence electrons. The lowest BCUT2D eigenvalue weighted by atomic mass is 9.79. The average Bonchev–Trinajstić information content (AvgIpc) is 3.84. The molecule has 0 fully saturated rings. The van der Waals surface area contributed by atoms with E-state index in [1.807, 2.05) is 0 Å². The Balaban J connectivity index is 1.03. The normalized spacial score (nSPS) is 15.1. The summed E-state index contributed by atoms with van der Waals surface area (Å²) in [6, 6.07) is 54.1. The topological polar surface area (TPSA) is 17.8 Å². The predicted octanol–water partition coefficient (Wildman–Crippen LogP) is 13.6. The molecule has 0 aliphatic heterocycles. The standard InChI is InChI=1S/C58H44N2/c1-7-8-16-40-34(2)19-30-46-54(40)44-32-48-45(33-47(44)57(46,3)4)55-43-29-25-36-24-27-41(42-28-26-38(53(43)52(36)42)31-49(55)58(48,5)6)35-20-22-37(23-21-35)56-59-50-17-12-13-18-51(50)60(56)39-14-10-9-11-15-39/h7-33H,2H2,1,3-6H3/b8-7-,40-16+. The van der Waals surface area contributed by atoms with Crippen molar-refractivity contribution in [3.8, 4) is 50.5 Å². The van der Waals surface area contributed by atoms with Crippen molar-refractivity contribution in [3.05, 3.63) is 190 Å². The van der Waals surface area contributed by atoms with Crippen LogP contribution >= 0.6 is 0 Å². The SMILES string of the molecule is C=c1ccc2c(/c1=C/C=C\C)-c1cc3c(cc1C2(C)C)-c1c(cc2ccc4c(-c5ccc(-c6nc7ccccc7n6-c6ccccc6)cc5)ccc5ccc1c2c54)C3(C)C. The number of para-hydroxylation sites is 3. The fourth-order valence-electron chi connectivity index (χ4n) is 11.0. The van der Waals surface area contributed by atoms with Crippen LogP contribution in [0.25, 0.3) is 106 Å². The minimum absolute atomic E-state index is 0.138. The smallest absolute Gasteiger partial charge is 0.145 e. The van der Waals surface area contributed by atoms with Crippen molar-refractivity contribution < 1.29 is 0 Å². The summed E-state index contributed by atoms with van der Waals surface area (Å²) in [5.74, 6) is 0.943. The van der Waals surface area contributed by atoms with Gasteiger partial charge in [-0.3, -0.25) is 4.57 Å². The molecule has 1 aromatic heterocycles. The van der Waals surface area contributed by atoms with Gasteiger partial charge in [0.15, 0.2) is 0 Å². The summed E-state index contributed by atoms with van der Waals surface area (Å²) in [6.45, 7) is 16.2. The van der Waals surface area contributed by atoms with E-state index in [-0.39, 0.29) is 10.8 Å². The largest absolute Gasteiger partial charge is 0.292 e. The Morgan fingerprint density at radius 2 is 1.20 bits per heavy atom. The maximum atomic E-state index is 5.13. The van der Waals surface area contributed by atoms with Crippen molar-refractivity contribution in [3.63, 3.8) is 0 Å². The minimum atomic E-state index is -0.166. The van der Waals surface area contributed by atoms with Crippen LogP contribution in [0.4, 0.5) is 0 Å². The van der Waals surface area contributed by atoms with E-state index in [1.54, 1.807) is 0 Å². The van der Waals surface area contributed by atoms with Crippen molar-refractivity contribution in [1.82, 2.24) is 9.55 Å². The lowest BCUT2D eigenvalue weighted by Gasteiger charge is -2.24. The van der Waals surface area contributed by atoms with E-state index in [2.05, 4.69) is 210 Å². The summed E-state index contributed by atoms with van der Waals surface area (Å²) >= 11 is 0. The minimum Gasteiger partial charge on any atom is -0.292 e. The summed E-state index contributed by atoms with van der Waals surface area (Å²) in [4.78, 5) is 5.13. The summed E-state index contributed by atoms with van der Waals surface area (Å²) in [6.07, 6.45) is 6.50. The van der Waals surface area contributed by atoms with Gasteiger partial charge in [0, 0.05) is 22.1 Å². The highest BCUT2D eigenvalue weighted by Crippen LogP contribution is 2.58. The molecule has 0 N–H and O–H groups in total. The fourth-order valence-corrected chi connectivity index (χ4v) is 11.0. The van der Waals surface area contributed by atoms with Crippen molar-refractivity contribution in [1.29, 1.82) is 0 Å². The first-order valence-electron chi connectivity index (χ1n) is 21.2. The Kier molecular flexibility index (Phi) is 7.14. The van der Waals surface area contributed by atoms with Gasteiger partial charge in [-0.05, 0) is 148 Å². The van der Waals surface area contributed by atoms with Gasteiger partial charge in [-0.2, -0.15) is 0 Å². The van der Waals surface area contributed by atoms with Crippen molar-refractivity contribution in [2.24, 2.45) is 0 Å². The van der Waals surface area contributed by atoms with Gasteiger partial charge in [0.1, 0.15) is 5.82 Å². The number of fused-ring (bicyclic) bond motifs is 8. The molecule has 10 aromatic rings. The number of benzene rings is 9. The molecule has 0 saturated heterocycles. The Labute approximate surface area is 350 Å². The van der Waals surface area contributed by atoms with Gasteiger partial charge in [0.25, 0.3) is 0 Å². The molecule has 0 saturated carbocycles. The highest BCUT2D eigenvalue weighted by Gasteiger charge is 2.43. The second-order valence-corrected chi connectivity index (χ2v) is 18.0. The molecule has 1 heterocycles. The Morgan fingerprint density at radius 1 is 0.550 bits per heavy atom. The molecule has 2 aliphatic rings. The molecule has 12 rings (SSSR count). The van der Waals surface area contributed by atoms with E-state index in [0.717, 1.165) is 33.3 Å². The highest BCUT2D eigenvalue weighted by atomic mass is 15.1. The second kappa shape index (κ2) is 12.3. The van der Waals surface area contributed by atoms with Crippen LogP contribution < -0.4 is 10.4 Å². The molecule has 2 aliphatic carbocycles. The number of nitrogens with zero attached hydrogens (tertiary/aromatic N) is 2. The van der Waals surface area contributed by atoms with Crippen LogP contribution in [-0.4, -0.2) is 9.55 Å². The fraction of sp³-hybridized carbons (Fsp3) is 0.121. The molecule has 0 bridgehead atoms. The predicted molar refractivity (Wildman–Crippen MR) is 255 cm³/mol. The average molecular weight is 769 g/mol. The molecule has 9 aromatic carbocycles. The maximum Gasteiger partial charge on any atom is 0.145 e. The van der Waals surface area contributed by atoms with Gasteiger partial charge in [-0.15, -0.1) is 0 Å². The van der Waals surface area contributed by atoms with Gasteiger partial charge >= 0.3 is 0 Å². The number of hydrogen-bond donors (Lipinski definition) is 0. The third-order valence-electron chi connectivity index (χ3n) is 14.0. The molecule has 0 radical (unpaired) electrons. The van der Waals surface area contributed by atoms with E-state index in [9.17, 15) is 0 Å². The van der Waals surface area contributed by atoms with Crippen LogP contribution in [0.15, 0.2) is 158 Å². The van der Waals surface area contributed by atoms with Gasteiger partial charge in [0.05, 0.1) is 11.0 Å². The van der Waals surface area contributed by atoms with Crippen LogP contribution in [0.1, 0.15) is 56.9 Å². The first-order chi connectivity index (χ1) is 29.1. The molecular weight excluding hydrogens is 725 g/mol. The number of hydrogen-bond acceptors (Lipinski definition) is 1. The lowest BCUT2D eigenvalue weighted by Crippen LogP contribution is -2.27. The maximum absolute atomic E-state index is 5.13. The molecular formula is C58H44N2. The first kappa shape index (κ1) is 35.0. The van der Waals surface area contributed by atoms with Gasteiger partial charge in [0.2, 0.25) is 0 Å².